The molecule has 1 aliphatic heterocycles. The number of halogens is 1. The Hall–Kier alpha value is -2.03. The molecule has 1 atom stereocenters. The number of hydrogen-bond acceptors (Lipinski definition) is 2. The minimum absolute atomic E-state index is 0.182. The molecule has 2 aromatic rings. The second-order valence-corrected chi connectivity index (χ2v) is 5.07. The van der Waals surface area contributed by atoms with Crippen molar-refractivity contribution in [1.82, 2.24) is 0 Å². The molecule has 0 bridgehead atoms. The molecule has 19 heavy (non-hydrogen) atoms. The molecule has 1 fully saturated rings. The summed E-state index contributed by atoms with van der Waals surface area (Å²) in [6.45, 7) is 2.00. The fraction of sp³-hybridized carbons (Fsp3) is 0.250. The van der Waals surface area contributed by atoms with Gasteiger partial charge in [-0.25, -0.2) is 4.39 Å². The zero-order valence-corrected chi connectivity index (χ0v) is 10.7. The molecule has 3 rings (SSSR count). The molecule has 0 aliphatic carbocycles. The Bertz CT molecular complexity index is 496. The third kappa shape index (κ3) is 2.55. The van der Waals surface area contributed by atoms with Crippen molar-refractivity contribution in [3.8, 4) is 0 Å². The molecule has 0 amide bonds. The zero-order valence-electron chi connectivity index (χ0n) is 10.7. The van der Waals surface area contributed by atoms with Crippen LogP contribution in [0.25, 0.3) is 0 Å². The standard InChI is InChI=1S/C16H17FN2/c17-14-3-7-16(8-4-14)19-10-9-13(11-19)12-1-5-15(18)6-2-12/h1-8,13H,9-11,18H2. The number of hydrogen-bond donors (Lipinski definition) is 1. The first kappa shape index (κ1) is 12.0. The SMILES string of the molecule is Nc1ccc(C2CCN(c3ccc(F)cc3)C2)cc1. The molecule has 2 nitrogen and oxygen atoms in total. The monoisotopic (exact) mass is 256 g/mol. The van der Waals surface area contributed by atoms with Crippen molar-refractivity contribution in [2.24, 2.45) is 0 Å². The number of nitrogens with zero attached hydrogens (tertiary/aromatic N) is 1. The lowest BCUT2D eigenvalue weighted by molar-refractivity contribution is 0.627. The van der Waals surface area contributed by atoms with Crippen LogP contribution in [0.3, 0.4) is 0 Å². The maximum Gasteiger partial charge on any atom is 0.123 e. The first-order chi connectivity index (χ1) is 9.22. The fourth-order valence-electron chi connectivity index (χ4n) is 2.69. The predicted octanol–water partition coefficient (Wildman–Crippen LogP) is 3.40. The Balaban J connectivity index is 1.73. The largest absolute Gasteiger partial charge is 0.399 e. The lowest BCUT2D eigenvalue weighted by Gasteiger charge is -2.18. The maximum atomic E-state index is 12.9. The van der Waals surface area contributed by atoms with Gasteiger partial charge in [-0.3, -0.25) is 0 Å². The van der Waals surface area contributed by atoms with E-state index in [1.807, 2.05) is 24.3 Å². The number of benzene rings is 2. The average Bonchev–Trinajstić information content (AvgIpc) is 2.90. The van der Waals surface area contributed by atoms with Gasteiger partial charge in [-0.2, -0.15) is 0 Å². The van der Waals surface area contributed by atoms with E-state index in [0.29, 0.717) is 5.92 Å². The highest BCUT2D eigenvalue weighted by molar-refractivity contribution is 5.49. The first-order valence-electron chi connectivity index (χ1n) is 6.58. The topological polar surface area (TPSA) is 29.3 Å². The average molecular weight is 256 g/mol. The molecule has 0 aromatic heterocycles. The van der Waals surface area contributed by atoms with Crippen LogP contribution in [-0.4, -0.2) is 13.1 Å². The summed E-state index contributed by atoms with van der Waals surface area (Å²) in [5.41, 5.74) is 8.94. The number of nitrogen functional groups attached to an aromatic ring is 1. The molecule has 1 saturated heterocycles. The molecule has 1 unspecified atom stereocenters. The normalized spacial score (nSPS) is 18.8. The smallest absolute Gasteiger partial charge is 0.123 e. The summed E-state index contributed by atoms with van der Waals surface area (Å²) in [7, 11) is 0. The quantitative estimate of drug-likeness (QED) is 0.834. The third-order valence-electron chi connectivity index (χ3n) is 3.79. The number of nitrogens with two attached hydrogens (primary N) is 1. The highest BCUT2D eigenvalue weighted by atomic mass is 19.1. The van der Waals surface area contributed by atoms with Crippen LogP contribution in [0.1, 0.15) is 17.9 Å². The van der Waals surface area contributed by atoms with Gasteiger partial charge in [0.1, 0.15) is 5.82 Å². The van der Waals surface area contributed by atoms with E-state index in [0.717, 1.165) is 30.9 Å². The van der Waals surface area contributed by atoms with Gasteiger partial charge < -0.3 is 10.6 Å². The molecule has 2 aromatic carbocycles. The molecular weight excluding hydrogens is 239 g/mol. The number of anilines is 2. The van der Waals surface area contributed by atoms with Gasteiger partial charge in [0.15, 0.2) is 0 Å². The molecule has 0 saturated carbocycles. The predicted molar refractivity (Wildman–Crippen MR) is 76.8 cm³/mol. The van der Waals surface area contributed by atoms with Gasteiger partial charge >= 0.3 is 0 Å². The van der Waals surface area contributed by atoms with Crippen LogP contribution in [-0.2, 0) is 0 Å². The summed E-state index contributed by atoms with van der Waals surface area (Å²) in [5.74, 6) is 0.351. The lowest BCUT2D eigenvalue weighted by atomic mass is 9.98. The van der Waals surface area contributed by atoms with Gasteiger partial charge in [0, 0.05) is 30.4 Å². The molecule has 0 radical (unpaired) electrons. The van der Waals surface area contributed by atoms with Crippen LogP contribution in [0.2, 0.25) is 0 Å². The van der Waals surface area contributed by atoms with E-state index in [9.17, 15) is 4.39 Å². The number of rotatable bonds is 2. The Morgan fingerprint density at radius 3 is 2.37 bits per heavy atom. The van der Waals surface area contributed by atoms with Gasteiger partial charge in [0.05, 0.1) is 0 Å². The minimum atomic E-state index is -0.182. The van der Waals surface area contributed by atoms with Gasteiger partial charge in [-0.15, -0.1) is 0 Å². The van der Waals surface area contributed by atoms with Gasteiger partial charge in [-0.05, 0) is 48.4 Å². The van der Waals surface area contributed by atoms with Crippen molar-refractivity contribution in [2.45, 2.75) is 12.3 Å². The molecular formula is C16H17FN2. The summed E-state index contributed by atoms with van der Waals surface area (Å²) in [4.78, 5) is 2.31. The van der Waals surface area contributed by atoms with E-state index in [1.165, 1.54) is 17.7 Å². The Labute approximate surface area is 112 Å². The van der Waals surface area contributed by atoms with Crippen LogP contribution < -0.4 is 10.6 Å². The van der Waals surface area contributed by atoms with Crippen molar-refractivity contribution in [2.75, 3.05) is 23.7 Å². The fourth-order valence-corrected chi connectivity index (χ4v) is 2.69. The second-order valence-electron chi connectivity index (χ2n) is 5.07. The summed E-state index contributed by atoms with van der Waals surface area (Å²) in [6.07, 6.45) is 1.13. The molecule has 1 heterocycles. The zero-order chi connectivity index (χ0) is 13.2. The van der Waals surface area contributed by atoms with E-state index >= 15 is 0 Å². The van der Waals surface area contributed by atoms with E-state index in [1.54, 1.807) is 0 Å². The van der Waals surface area contributed by atoms with Crippen LogP contribution >= 0.6 is 0 Å². The summed E-state index contributed by atoms with van der Waals surface area (Å²) in [5, 5.41) is 0. The van der Waals surface area contributed by atoms with Gasteiger partial charge in [0.2, 0.25) is 0 Å². The first-order valence-corrected chi connectivity index (χ1v) is 6.58. The highest BCUT2D eigenvalue weighted by Gasteiger charge is 2.23. The Morgan fingerprint density at radius 2 is 1.68 bits per heavy atom. The summed E-state index contributed by atoms with van der Waals surface area (Å²) in [6, 6.07) is 14.9. The van der Waals surface area contributed by atoms with Crippen LogP contribution in [0.15, 0.2) is 48.5 Å². The highest BCUT2D eigenvalue weighted by Crippen LogP contribution is 2.31. The summed E-state index contributed by atoms with van der Waals surface area (Å²) < 4.78 is 12.9. The van der Waals surface area contributed by atoms with E-state index in [-0.39, 0.29) is 5.82 Å². The van der Waals surface area contributed by atoms with Crippen molar-refractivity contribution >= 4 is 11.4 Å². The van der Waals surface area contributed by atoms with E-state index in [2.05, 4.69) is 17.0 Å². The molecule has 0 spiro atoms. The second kappa shape index (κ2) is 4.92. The minimum Gasteiger partial charge on any atom is -0.399 e. The molecule has 98 valence electrons. The van der Waals surface area contributed by atoms with Crippen molar-refractivity contribution < 1.29 is 4.39 Å². The maximum absolute atomic E-state index is 12.9. The summed E-state index contributed by atoms with van der Waals surface area (Å²) >= 11 is 0. The van der Waals surface area contributed by atoms with E-state index < -0.39 is 0 Å². The Kier molecular flexibility index (Phi) is 3.11. The van der Waals surface area contributed by atoms with Gasteiger partial charge in [0.25, 0.3) is 0 Å². The molecule has 1 aliphatic rings. The Morgan fingerprint density at radius 1 is 1.00 bits per heavy atom. The van der Waals surface area contributed by atoms with Crippen LogP contribution in [0.4, 0.5) is 15.8 Å². The van der Waals surface area contributed by atoms with Crippen LogP contribution in [0.5, 0.6) is 0 Å². The molecule has 3 heteroatoms. The third-order valence-corrected chi connectivity index (χ3v) is 3.79. The molecule has 2 N–H and O–H groups in total. The van der Waals surface area contributed by atoms with Gasteiger partial charge in [-0.1, -0.05) is 12.1 Å². The lowest BCUT2D eigenvalue weighted by Crippen LogP contribution is -2.19. The van der Waals surface area contributed by atoms with Crippen molar-refractivity contribution in [3.63, 3.8) is 0 Å². The van der Waals surface area contributed by atoms with Crippen molar-refractivity contribution in [3.05, 3.63) is 59.9 Å². The van der Waals surface area contributed by atoms with Crippen LogP contribution in [0, 0.1) is 5.82 Å². The van der Waals surface area contributed by atoms with E-state index in [4.69, 9.17) is 5.73 Å². The van der Waals surface area contributed by atoms with Crippen molar-refractivity contribution in [1.29, 1.82) is 0 Å².